The van der Waals surface area contributed by atoms with Gasteiger partial charge in [0.15, 0.2) is 24.8 Å². The average molecular weight is 497 g/mol. The van der Waals surface area contributed by atoms with E-state index >= 15 is 0 Å². The number of hydrogen-bond donors (Lipinski definition) is 0. The molecule has 0 amide bonds. The molecule has 0 aliphatic rings. The van der Waals surface area contributed by atoms with Crippen LogP contribution in [0.25, 0.3) is 0 Å². The number of rotatable bonds is 6. The van der Waals surface area contributed by atoms with Gasteiger partial charge in [-0.3, -0.25) is 0 Å². The summed E-state index contributed by atoms with van der Waals surface area (Å²) in [5.41, 5.74) is -1.45. The fourth-order valence-electron chi connectivity index (χ4n) is 2.99. The van der Waals surface area contributed by atoms with E-state index in [1.165, 1.54) is 31.4 Å². The van der Waals surface area contributed by atoms with E-state index in [4.69, 9.17) is 13.0 Å². The lowest BCUT2D eigenvalue weighted by atomic mass is 10.2. The zero-order valence-electron chi connectivity index (χ0n) is 18.7. The Bertz CT molecular complexity index is 995. The zero-order chi connectivity index (χ0) is 24.6. The molecule has 0 saturated heterocycles. The van der Waals surface area contributed by atoms with Gasteiger partial charge in [0, 0.05) is 0 Å². The predicted molar refractivity (Wildman–Crippen MR) is 125 cm³/mol. The van der Waals surface area contributed by atoms with Gasteiger partial charge in [-0.15, -0.1) is 0 Å². The first-order valence-electron chi connectivity index (χ1n) is 10.5. The van der Waals surface area contributed by atoms with Crippen molar-refractivity contribution in [3.8, 4) is 0 Å². The molecule has 0 atom stereocenters. The number of aryl methyl sites for hydroxylation is 3. The summed E-state index contributed by atoms with van der Waals surface area (Å²) < 4.78 is 58.9. The molecule has 0 N–H and O–H groups in total. The van der Waals surface area contributed by atoms with E-state index in [0.29, 0.717) is 0 Å². The van der Waals surface area contributed by atoms with Crippen molar-refractivity contribution >= 4 is 21.0 Å². The van der Waals surface area contributed by atoms with Gasteiger partial charge in [0.2, 0.25) is 0 Å². The van der Waals surface area contributed by atoms with Crippen molar-refractivity contribution in [2.75, 3.05) is 0 Å². The smallest absolute Gasteiger partial charge is 0.485 e. The summed E-state index contributed by atoms with van der Waals surface area (Å²) in [6, 6.07) is 27.5. The van der Waals surface area contributed by atoms with E-state index in [2.05, 4.69) is 93.6 Å². The minimum atomic E-state index is -6.09. The number of benzene rings is 3. The molecule has 0 unspecified atom stereocenters. The molecule has 0 heterocycles. The highest BCUT2D eigenvalue weighted by molar-refractivity contribution is 7.97. The number of halogens is 3. The third-order valence-corrected chi connectivity index (χ3v) is 7.78. The van der Waals surface area contributed by atoms with Crippen LogP contribution < -0.4 is 0 Å². The van der Waals surface area contributed by atoms with Crippen LogP contribution in [-0.4, -0.2) is 18.5 Å². The quantitative estimate of drug-likeness (QED) is 0.222. The van der Waals surface area contributed by atoms with Crippen molar-refractivity contribution in [1.29, 1.82) is 0 Å². The standard InChI is InChI=1S/C24H27S.CHF3O3S/c1-4-19-7-13-22(14-8-19)25(23-15-9-20(5-2)10-16-23)24-17-11-21(6-3)12-18-24;2-1(3,4)8(5,6)7/h7-18H,4-6H2,1-3H3;(H,5,6,7)/q+1;/p-1. The second-order valence-corrected chi connectivity index (χ2v) is 10.6. The van der Waals surface area contributed by atoms with E-state index < -0.39 is 15.6 Å². The van der Waals surface area contributed by atoms with Gasteiger partial charge in [-0.25, -0.2) is 8.42 Å². The molecule has 0 aliphatic heterocycles. The second-order valence-electron chi connectivity index (χ2n) is 7.20. The van der Waals surface area contributed by atoms with Crippen LogP contribution in [0.2, 0.25) is 0 Å². The molecule has 0 aliphatic carbocycles. The second kappa shape index (κ2) is 11.7. The van der Waals surface area contributed by atoms with Gasteiger partial charge in [-0.1, -0.05) is 57.2 Å². The Balaban J connectivity index is 0.000000414. The van der Waals surface area contributed by atoms with Crippen molar-refractivity contribution in [3.63, 3.8) is 0 Å². The molecule has 3 rings (SSSR count). The van der Waals surface area contributed by atoms with Crippen LogP contribution >= 0.6 is 0 Å². The molecule has 0 aromatic heterocycles. The zero-order valence-corrected chi connectivity index (χ0v) is 20.4. The van der Waals surface area contributed by atoms with Gasteiger partial charge < -0.3 is 4.55 Å². The Kier molecular flexibility index (Phi) is 9.57. The Morgan fingerprint density at radius 1 is 0.636 bits per heavy atom. The first-order valence-corrected chi connectivity index (χ1v) is 13.2. The molecule has 0 bridgehead atoms. The van der Waals surface area contributed by atoms with Crippen LogP contribution in [0.15, 0.2) is 87.5 Å². The molecule has 0 radical (unpaired) electrons. The van der Waals surface area contributed by atoms with Gasteiger partial charge in [-0.2, -0.15) is 13.2 Å². The minimum absolute atomic E-state index is 0.0454. The summed E-state index contributed by atoms with van der Waals surface area (Å²) in [6.07, 6.45) is 3.26. The maximum absolute atomic E-state index is 10.7. The van der Waals surface area contributed by atoms with Crippen LogP contribution in [0, 0.1) is 0 Å². The Labute approximate surface area is 196 Å². The third-order valence-electron chi connectivity index (χ3n) is 4.99. The number of hydrogen-bond acceptors (Lipinski definition) is 3. The topological polar surface area (TPSA) is 57.2 Å². The average Bonchev–Trinajstić information content (AvgIpc) is 2.80. The maximum atomic E-state index is 10.7. The lowest BCUT2D eigenvalue weighted by molar-refractivity contribution is -0.0517. The van der Waals surface area contributed by atoms with E-state index in [0.717, 1.165) is 19.3 Å². The van der Waals surface area contributed by atoms with E-state index in [-0.39, 0.29) is 10.9 Å². The van der Waals surface area contributed by atoms with Crippen molar-refractivity contribution in [3.05, 3.63) is 89.5 Å². The highest BCUT2D eigenvalue weighted by Gasteiger charge is 2.37. The van der Waals surface area contributed by atoms with Crippen molar-refractivity contribution in [1.82, 2.24) is 0 Å². The van der Waals surface area contributed by atoms with Gasteiger partial charge in [0.25, 0.3) is 0 Å². The first kappa shape index (κ1) is 27.0. The van der Waals surface area contributed by atoms with Gasteiger partial charge in [0.1, 0.15) is 0 Å². The molecular weight excluding hydrogens is 469 g/mol. The third kappa shape index (κ3) is 7.62. The fourth-order valence-corrected chi connectivity index (χ4v) is 5.03. The molecule has 0 saturated carbocycles. The Morgan fingerprint density at radius 2 is 0.848 bits per heavy atom. The van der Waals surface area contributed by atoms with Crippen molar-refractivity contribution in [2.24, 2.45) is 0 Å². The van der Waals surface area contributed by atoms with Crippen LogP contribution in [0.3, 0.4) is 0 Å². The molecule has 3 nitrogen and oxygen atoms in total. The van der Waals surface area contributed by atoms with E-state index in [1.807, 2.05) is 0 Å². The lowest BCUT2D eigenvalue weighted by Crippen LogP contribution is -2.21. The fraction of sp³-hybridized carbons (Fsp3) is 0.280. The van der Waals surface area contributed by atoms with E-state index in [1.54, 1.807) is 0 Å². The Morgan fingerprint density at radius 3 is 1.00 bits per heavy atom. The highest BCUT2D eigenvalue weighted by atomic mass is 32.2. The molecular formula is C25H27F3O3S2. The van der Waals surface area contributed by atoms with Crippen LogP contribution in [0.4, 0.5) is 13.2 Å². The van der Waals surface area contributed by atoms with Gasteiger partial charge in [0.05, 0.1) is 10.9 Å². The van der Waals surface area contributed by atoms with Crippen LogP contribution in [0.5, 0.6) is 0 Å². The van der Waals surface area contributed by atoms with Crippen molar-refractivity contribution in [2.45, 2.75) is 60.2 Å². The highest BCUT2D eigenvalue weighted by Crippen LogP contribution is 2.32. The lowest BCUT2D eigenvalue weighted by Gasteiger charge is -2.10. The largest absolute Gasteiger partial charge is 0.741 e. The molecule has 3 aromatic carbocycles. The summed E-state index contributed by atoms with van der Waals surface area (Å²) in [6.45, 7) is 6.63. The predicted octanol–water partition coefficient (Wildman–Crippen LogP) is 6.52. The monoisotopic (exact) mass is 496 g/mol. The normalized spacial score (nSPS) is 11.8. The summed E-state index contributed by atoms with van der Waals surface area (Å²) in [5.74, 6) is 0. The summed E-state index contributed by atoms with van der Waals surface area (Å²) in [7, 11) is -6.14. The van der Waals surface area contributed by atoms with Crippen LogP contribution in [0.1, 0.15) is 37.5 Å². The maximum Gasteiger partial charge on any atom is 0.485 e. The first-order chi connectivity index (χ1) is 15.5. The molecule has 0 fully saturated rings. The summed E-state index contributed by atoms with van der Waals surface area (Å²) in [4.78, 5) is 4.18. The molecule has 8 heteroatoms. The molecule has 0 spiro atoms. The van der Waals surface area contributed by atoms with Gasteiger partial charge >= 0.3 is 5.51 Å². The van der Waals surface area contributed by atoms with Gasteiger partial charge in [-0.05, 0) is 72.4 Å². The molecule has 33 heavy (non-hydrogen) atoms. The summed E-state index contributed by atoms with van der Waals surface area (Å²) >= 11 is 0. The molecule has 3 aromatic rings. The van der Waals surface area contributed by atoms with E-state index in [9.17, 15) is 13.2 Å². The van der Waals surface area contributed by atoms with Crippen LogP contribution in [-0.2, 0) is 40.3 Å². The Hall–Kier alpha value is -2.29. The SMILES string of the molecule is CCc1ccc([S+](c2ccc(CC)cc2)c2ccc(CC)cc2)cc1.O=S(=O)([O-])C(F)(F)F. The molecule has 178 valence electrons. The minimum Gasteiger partial charge on any atom is -0.741 e. The summed E-state index contributed by atoms with van der Waals surface area (Å²) in [5, 5.41) is 0. The van der Waals surface area contributed by atoms with Crippen molar-refractivity contribution < 1.29 is 26.1 Å². The number of alkyl halides is 3.